The fraction of sp³-hybridized carbons (Fsp3) is 0.174. The van der Waals surface area contributed by atoms with E-state index >= 15 is 0 Å². The molecule has 0 aliphatic rings. The lowest BCUT2D eigenvalue weighted by atomic mass is 9.86. The van der Waals surface area contributed by atoms with Crippen LogP contribution in [0.25, 0.3) is 27.5 Å². The molecule has 0 unspecified atom stereocenters. The highest BCUT2D eigenvalue weighted by molar-refractivity contribution is 5.95. The van der Waals surface area contributed by atoms with Gasteiger partial charge < -0.3 is 4.57 Å². The number of hydrogen-bond donors (Lipinski definition) is 0. The Hall–Kier alpha value is -2.87. The molecule has 0 N–H and O–H groups in total. The van der Waals surface area contributed by atoms with Gasteiger partial charge >= 0.3 is 0 Å². The molecule has 0 saturated carbocycles. The Morgan fingerprint density at radius 3 is 2.08 bits per heavy atom. The number of benzene rings is 3. The van der Waals surface area contributed by atoms with E-state index in [-0.39, 0.29) is 10.8 Å². The lowest BCUT2D eigenvalue weighted by Crippen LogP contribution is -2.14. The van der Waals surface area contributed by atoms with Crippen LogP contribution in [-0.4, -0.2) is 4.57 Å². The van der Waals surface area contributed by atoms with Crippen LogP contribution in [-0.2, 0) is 5.41 Å². The minimum Gasteiger partial charge on any atom is -0.309 e. The van der Waals surface area contributed by atoms with Gasteiger partial charge in [0.25, 0.3) is 0 Å². The van der Waals surface area contributed by atoms with E-state index in [0.717, 1.165) is 27.5 Å². The SMILES string of the molecule is CC(C)(C)c1ccc2c(c1)c(=O)c1ccccc1n2-c1ccccc1. The summed E-state index contributed by atoms with van der Waals surface area (Å²) in [5.74, 6) is 0. The molecular formula is C23H21NO. The van der Waals surface area contributed by atoms with Gasteiger partial charge in [0.2, 0.25) is 0 Å². The zero-order chi connectivity index (χ0) is 17.6. The molecule has 25 heavy (non-hydrogen) atoms. The molecule has 0 radical (unpaired) electrons. The topological polar surface area (TPSA) is 22.0 Å². The summed E-state index contributed by atoms with van der Waals surface area (Å²) in [6.07, 6.45) is 0. The molecule has 0 atom stereocenters. The highest BCUT2D eigenvalue weighted by Crippen LogP contribution is 2.28. The van der Waals surface area contributed by atoms with Crippen molar-refractivity contribution in [3.63, 3.8) is 0 Å². The first-order valence-corrected chi connectivity index (χ1v) is 8.60. The number of hydrogen-bond acceptors (Lipinski definition) is 1. The minimum atomic E-state index is 0.00382. The van der Waals surface area contributed by atoms with Crippen molar-refractivity contribution >= 4 is 21.8 Å². The summed E-state index contributed by atoms with van der Waals surface area (Å²) in [6, 6.07) is 24.3. The van der Waals surface area contributed by atoms with Gasteiger partial charge in [0.05, 0.1) is 11.0 Å². The zero-order valence-electron chi connectivity index (χ0n) is 14.8. The maximum atomic E-state index is 13.1. The Morgan fingerprint density at radius 1 is 0.720 bits per heavy atom. The highest BCUT2D eigenvalue weighted by Gasteiger charge is 2.17. The summed E-state index contributed by atoms with van der Waals surface area (Å²) in [5, 5.41) is 1.53. The lowest BCUT2D eigenvalue weighted by Gasteiger charge is -2.21. The molecule has 0 aliphatic carbocycles. The zero-order valence-corrected chi connectivity index (χ0v) is 14.8. The number of rotatable bonds is 1. The average molecular weight is 327 g/mol. The Balaban J connectivity index is 2.21. The number of nitrogens with zero attached hydrogens (tertiary/aromatic N) is 1. The molecular weight excluding hydrogens is 306 g/mol. The quantitative estimate of drug-likeness (QED) is 0.427. The normalized spacial score (nSPS) is 12.0. The van der Waals surface area contributed by atoms with Crippen LogP contribution in [0.5, 0.6) is 0 Å². The fourth-order valence-electron chi connectivity index (χ4n) is 3.37. The van der Waals surface area contributed by atoms with Gasteiger partial charge in [-0.2, -0.15) is 0 Å². The van der Waals surface area contributed by atoms with E-state index in [1.165, 1.54) is 5.56 Å². The Kier molecular flexibility index (Phi) is 3.50. The average Bonchev–Trinajstić information content (AvgIpc) is 2.62. The molecule has 0 saturated heterocycles. The molecule has 0 aliphatic heterocycles. The molecule has 2 heteroatoms. The predicted octanol–water partition coefficient (Wildman–Crippen LogP) is 5.44. The summed E-state index contributed by atoms with van der Waals surface area (Å²) in [7, 11) is 0. The van der Waals surface area contributed by atoms with Crippen LogP contribution < -0.4 is 5.43 Å². The van der Waals surface area contributed by atoms with E-state index in [9.17, 15) is 4.79 Å². The largest absolute Gasteiger partial charge is 0.309 e. The third kappa shape index (κ3) is 2.54. The van der Waals surface area contributed by atoms with E-state index in [1.54, 1.807) is 0 Å². The van der Waals surface area contributed by atoms with Gasteiger partial charge in [-0.05, 0) is 47.4 Å². The maximum absolute atomic E-state index is 13.1. The van der Waals surface area contributed by atoms with Crippen molar-refractivity contribution in [1.82, 2.24) is 4.57 Å². The first kappa shape index (κ1) is 15.6. The van der Waals surface area contributed by atoms with Crippen molar-refractivity contribution in [3.05, 3.63) is 88.6 Å². The van der Waals surface area contributed by atoms with Crippen LogP contribution >= 0.6 is 0 Å². The van der Waals surface area contributed by atoms with Crippen LogP contribution in [0.4, 0.5) is 0 Å². The number of aromatic nitrogens is 1. The fourth-order valence-corrected chi connectivity index (χ4v) is 3.37. The van der Waals surface area contributed by atoms with Crippen molar-refractivity contribution in [2.45, 2.75) is 26.2 Å². The van der Waals surface area contributed by atoms with E-state index in [0.29, 0.717) is 0 Å². The van der Waals surface area contributed by atoms with Crippen LogP contribution in [0.2, 0.25) is 0 Å². The second-order valence-corrected chi connectivity index (χ2v) is 7.50. The summed E-state index contributed by atoms with van der Waals surface area (Å²) in [4.78, 5) is 13.1. The molecule has 2 nitrogen and oxygen atoms in total. The van der Waals surface area contributed by atoms with Crippen LogP contribution in [0, 0.1) is 0 Å². The van der Waals surface area contributed by atoms with E-state index < -0.39 is 0 Å². The van der Waals surface area contributed by atoms with E-state index in [2.05, 4.69) is 55.7 Å². The third-order valence-electron chi connectivity index (χ3n) is 4.75. The minimum absolute atomic E-state index is 0.00382. The molecule has 3 aromatic carbocycles. The van der Waals surface area contributed by atoms with Crippen molar-refractivity contribution in [2.75, 3.05) is 0 Å². The summed E-state index contributed by atoms with van der Waals surface area (Å²) in [6.45, 7) is 6.51. The molecule has 0 bridgehead atoms. The Bertz CT molecular complexity index is 1130. The molecule has 0 spiro atoms. The van der Waals surface area contributed by atoms with Crippen molar-refractivity contribution < 1.29 is 0 Å². The van der Waals surface area contributed by atoms with Crippen molar-refractivity contribution in [3.8, 4) is 5.69 Å². The summed E-state index contributed by atoms with van der Waals surface area (Å²) >= 11 is 0. The predicted molar refractivity (Wildman–Crippen MR) is 106 cm³/mol. The van der Waals surface area contributed by atoms with Gasteiger partial charge in [0.1, 0.15) is 0 Å². The maximum Gasteiger partial charge on any atom is 0.197 e. The van der Waals surface area contributed by atoms with E-state index in [4.69, 9.17) is 0 Å². The summed E-state index contributed by atoms with van der Waals surface area (Å²) in [5.41, 5.74) is 4.23. The van der Waals surface area contributed by atoms with Gasteiger partial charge in [-0.15, -0.1) is 0 Å². The van der Waals surface area contributed by atoms with Gasteiger partial charge in [0, 0.05) is 16.5 Å². The molecule has 124 valence electrons. The summed E-state index contributed by atoms with van der Waals surface area (Å²) < 4.78 is 2.18. The lowest BCUT2D eigenvalue weighted by molar-refractivity contribution is 0.591. The van der Waals surface area contributed by atoms with Crippen LogP contribution in [0.1, 0.15) is 26.3 Å². The number of para-hydroxylation sites is 2. The van der Waals surface area contributed by atoms with Gasteiger partial charge in [-0.1, -0.05) is 57.2 Å². The smallest absolute Gasteiger partial charge is 0.197 e. The second-order valence-electron chi connectivity index (χ2n) is 7.50. The molecule has 0 fully saturated rings. The number of pyridine rings is 1. The second kappa shape index (κ2) is 5.59. The standard InChI is InChI=1S/C23H21NO/c1-23(2,3)16-13-14-21-19(15-16)22(25)18-11-7-8-12-20(18)24(21)17-9-5-4-6-10-17/h4-15H,1-3H3. The van der Waals surface area contributed by atoms with Gasteiger partial charge in [-0.25, -0.2) is 0 Å². The Morgan fingerprint density at radius 2 is 1.36 bits per heavy atom. The van der Waals surface area contributed by atoms with Crippen molar-refractivity contribution in [1.29, 1.82) is 0 Å². The molecule has 4 rings (SSSR count). The highest BCUT2D eigenvalue weighted by atomic mass is 16.1. The van der Waals surface area contributed by atoms with Crippen LogP contribution in [0.3, 0.4) is 0 Å². The third-order valence-corrected chi connectivity index (χ3v) is 4.75. The van der Waals surface area contributed by atoms with Gasteiger partial charge in [0.15, 0.2) is 5.43 Å². The number of fused-ring (bicyclic) bond motifs is 2. The molecule has 4 aromatic rings. The first-order valence-electron chi connectivity index (χ1n) is 8.60. The molecule has 1 aromatic heterocycles. The van der Waals surface area contributed by atoms with E-state index in [1.807, 2.05) is 42.5 Å². The van der Waals surface area contributed by atoms with Gasteiger partial charge in [-0.3, -0.25) is 4.79 Å². The molecule has 0 amide bonds. The Labute approximate surface area is 147 Å². The van der Waals surface area contributed by atoms with Crippen LogP contribution in [0.15, 0.2) is 77.6 Å². The monoisotopic (exact) mass is 327 g/mol. The molecule has 1 heterocycles. The first-order chi connectivity index (χ1) is 12.0. The van der Waals surface area contributed by atoms with Crippen molar-refractivity contribution in [2.24, 2.45) is 0 Å².